The Morgan fingerprint density at radius 1 is 0.296 bits per heavy atom. The topological polar surface area (TPSA) is 38.7 Å². The Bertz CT molecular complexity index is 3600. The molecule has 3 heterocycles. The maximum absolute atomic E-state index is 4.74. The summed E-state index contributed by atoms with van der Waals surface area (Å²) in [6.45, 7) is 6.69. The molecule has 340 valence electrons. The molecule has 11 aromatic rings. The van der Waals surface area contributed by atoms with Crippen LogP contribution in [-0.4, -0.2) is 15.0 Å². The van der Waals surface area contributed by atoms with Gasteiger partial charge in [0.1, 0.15) is 0 Å². The third kappa shape index (κ3) is 10.0. The summed E-state index contributed by atoms with van der Waals surface area (Å²) < 4.78 is 0. The zero-order chi connectivity index (χ0) is 47.4. The van der Waals surface area contributed by atoms with E-state index < -0.39 is 0 Å². The van der Waals surface area contributed by atoms with Gasteiger partial charge in [0, 0.05) is 18.6 Å². The molecule has 0 aliphatic rings. The first-order chi connectivity index (χ1) is 34.3. The molecule has 0 unspecified atom stereocenters. The Morgan fingerprint density at radius 3 is 1.11 bits per heavy atom. The standard InChI is InChI=1S/C67H48N3.Ir/c1-67(2,3)57-37-40-70-66(45-57)52-34-28-49(29-35-52)60-19-9-12-22-63(60)56-42-54(61-20-10-7-17-58(61)47-24-30-50(31-25-47)64-23-13-14-38-68-64)41-55(43-56)62-21-11-8-18-59(62)48-26-32-51(33-27-48)65-44-53(36-39-69-65)46-15-5-4-6-16-46;/h4-30,32,34,36-45H,1-3H3;/q-3;+3. The molecule has 0 aliphatic carbocycles. The van der Waals surface area contributed by atoms with Crippen molar-refractivity contribution >= 4 is 0 Å². The number of nitrogens with zero attached hydrogens (tertiary/aromatic N) is 3. The fraction of sp³-hybridized carbons (Fsp3) is 0.0597. The molecule has 0 bridgehead atoms. The molecule has 0 atom stereocenters. The summed E-state index contributed by atoms with van der Waals surface area (Å²) in [4.78, 5) is 14.0. The first kappa shape index (κ1) is 46.6. The van der Waals surface area contributed by atoms with Gasteiger partial charge in [0.15, 0.2) is 0 Å². The van der Waals surface area contributed by atoms with Gasteiger partial charge in [-0.25, -0.2) is 0 Å². The van der Waals surface area contributed by atoms with Crippen molar-refractivity contribution in [3.8, 4) is 112 Å². The molecule has 0 saturated heterocycles. The van der Waals surface area contributed by atoms with Crippen molar-refractivity contribution in [2.75, 3.05) is 0 Å². The van der Waals surface area contributed by atoms with Crippen LogP contribution in [0.1, 0.15) is 26.3 Å². The maximum Gasteiger partial charge on any atom is 3.00 e. The molecular formula is C67H48IrN3. The summed E-state index contributed by atoms with van der Waals surface area (Å²) in [5.74, 6) is 0. The largest absolute Gasteiger partial charge is 3.00 e. The molecule has 11 rings (SSSR count). The Labute approximate surface area is 431 Å². The summed E-state index contributed by atoms with van der Waals surface area (Å²) in [6.07, 6.45) is 5.60. The van der Waals surface area contributed by atoms with Crippen LogP contribution in [0.15, 0.2) is 237 Å². The Hall–Kier alpha value is -8.14. The summed E-state index contributed by atoms with van der Waals surface area (Å²) >= 11 is 0. The zero-order valence-corrected chi connectivity index (χ0v) is 42.1. The third-order valence-corrected chi connectivity index (χ3v) is 13.0. The van der Waals surface area contributed by atoms with Crippen molar-refractivity contribution in [1.29, 1.82) is 0 Å². The zero-order valence-electron chi connectivity index (χ0n) is 39.7. The molecule has 0 N–H and O–H groups in total. The summed E-state index contributed by atoms with van der Waals surface area (Å²) in [5.41, 5.74) is 22.5. The first-order valence-corrected chi connectivity index (χ1v) is 23.7. The SMILES string of the molecule is CC(C)(C)c1ccnc(-c2[c-]cc(-c3ccccc3-c3cc(-c4ccccc4-c4c[c-]c(-c5ccccn5)cc4)cc(-c4ccccc4-c4c[c-]c(-c5cc(-c6ccccc6)ccn5)cc4)c3)cc2)c1.[Ir+3]. The molecule has 3 nitrogen and oxygen atoms in total. The van der Waals surface area contributed by atoms with E-state index in [0.29, 0.717) is 0 Å². The van der Waals surface area contributed by atoms with Gasteiger partial charge in [-0.05, 0) is 109 Å². The van der Waals surface area contributed by atoms with Crippen molar-refractivity contribution in [3.05, 3.63) is 261 Å². The van der Waals surface area contributed by atoms with E-state index in [1.54, 1.807) is 0 Å². The normalized spacial score (nSPS) is 11.2. The van der Waals surface area contributed by atoms with Gasteiger partial charge in [-0.3, -0.25) is 0 Å². The van der Waals surface area contributed by atoms with Gasteiger partial charge in [-0.1, -0.05) is 182 Å². The second kappa shape index (κ2) is 20.4. The molecule has 0 radical (unpaired) electrons. The van der Waals surface area contributed by atoms with E-state index in [1.807, 2.05) is 42.9 Å². The number of hydrogen-bond donors (Lipinski definition) is 0. The average Bonchev–Trinajstić information content (AvgIpc) is 3.43. The quantitative estimate of drug-likeness (QED) is 0.128. The van der Waals surface area contributed by atoms with E-state index in [4.69, 9.17) is 9.97 Å². The Kier molecular flexibility index (Phi) is 13.4. The second-order valence-electron chi connectivity index (χ2n) is 18.6. The molecule has 0 spiro atoms. The fourth-order valence-corrected chi connectivity index (χ4v) is 9.26. The molecule has 0 fully saturated rings. The second-order valence-corrected chi connectivity index (χ2v) is 18.6. The van der Waals surface area contributed by atoms with Crippen LogP contribution in [0, 0.1) is 18.2 Å². The molecular weight excluding hydrogens is 1040 g/mol. The maximum atomic E-state index is 4.74. The van der Waals surface area contributed by atoms with Crippen molar-refractivity contribution in [2.24, 2.45) is 0 Å². The Morgan fingerprint density at radius 2 is 0.690 bits per heavy atom. The van der Waals surface area contributed by atoms with Gasteiger partial charge in [0.2, 0.25) is 0 Å². The van der Waals surface area contributed by atoms with Crippen molar-refractivity contribution in [3.63, 3.8) is 0 Å². The minimum absolute atomic E-state index is 0. The van der Waals surface area contributed by atoms with Crippen molar-refractivity contribution < 1.29 is 20.1 Å². The van der Waals surface area contributed by atoms with Crippen LogP contribution in [0.3, 0.4) is 0 Å². The summed E-state index contributed by atoms with van der Waals surface area (Å²) in [6, 6.07) is 87.9. The van der Waals surface area contributed by atoms with Gasteiger partial charge >= 0.3 is 20.1 Å². The van der Waals surface area contributed by atoms with Crippen LogP contribution >= 0.6 is 0 Å². The van der Waals surface area contributed by atoms with E-state index in [2.05, 4.69) is 238 Å². The first-order valence-electron chi connectivity index (χ1n) is 23.7. The molecule has 0 amide bonds. The van der Waals surface area contributed by atoms with Crippen LogP contribution in [0.2, 0.25) is 0 Å². The van der Waals surface area contributed by atoms with Crippen LogP contribution in [0.25, 0.3) is 112 Å². The number of aromatic nitrogens is 3. The minimum Gasteiger partial charge on any atom is -0.305 e. The van der Waals surface area contributed by atoms with Crippen LogP contribution in [0.5, 0.6) is 0 Å². The van der Waals surface area contributed by atoms with E-state index >= 15 is 0 Å². The number of pyridine rings is 3. The van der Waals surface area contributed by atoms with Crippen molar-refractivity contribution in [1.82, 2.24) is 15.0 Å². The predicted molar refractivity (Wildman–Crippen MR) is 289 cm³/mol. The molecule has 8 aromatic carbocycles. The molecule has 3 aromatic heterocycles. The molecule has 0 aliphatic heterocycles. The van der Waals surface area contributed by atoms with Crippen molar-refractivity contribution in [2.45, 2.75) is 26.2 Å². The third-order valence-electron chi connectivity index (χ3n) is 13.0. The van der Waals surface area contributed by atoms with Crippen LogP contribution < -0.4 is 0 Å². The summed E-state index contributed by atoms with van der Waals surface area (Å²) in [5, 5.41) is 0. The molecule has 4 heteroatoms. The van der Waals surface area contributed by atoms with E-state index in [1.165, 1.54) is 5.56 Å². The number of benzene rings is 8. The average molecular weight is 1090 g/mol. The van der Waals surface area contributed by atoms with Gasteiger partial charge in [-0.2, -0.15) is 0 Å². The van der Waals surface area contributed by atoms with Crippen LogP contribution in [0.4, 0.5) is 0 Å². The van der Waals surface area contributed by atoms with Gasteiger partial charge in [0.25, 0.3) is 0 Å². The van der Waals surface area contributed by atoms with Gasteiger partial charge < -0.3 is 15.0 Å². The minimum atomic E-state index is 0. The van der Waals surface area contributed by atoms with Gasteiger partial charge in [0.05, 0.1) is 0 Å². The summed E-state index contributed by atoms with van der Waals surface area (Å²) in [7, 11) is 0. The molecule has 0 saturated carbocycles. The molecule has 71 heavy (non-hydrogen) atoms. The predicted octanol–water partition coefficient (Wildman–Crippen LogP) is 17.2. The van der Waals surface area contributed by atoms with Gasteiger partial charge in [-0.15, -0.1) is 89.5 Å². The van der Waals surface area contributed by atoms with Crippen LogP contribution in [-0.2, 0) is 25.5 Å². The van der Waals surface area contributed by atoms with E-state index in [9.17, 15) is 0 Å². The smallest absolute Gasteiger partial charge is 0.305 e. The monoisotopic (exact) mass is 1090 g/mol. The van der Waals surface area contributed by atoms with E-state index in [0.717, 1.165) is 112 Å². The number of hydrogen-bond acceptors (Lipinski definition) is 3. The fourth-order valence-electron chi connectivity index (χ4n) is 9.26. The van der Waals surface area contributed by atoms with E-state index in [-0.39, 0.29) is 25.5 Å². The Balaban J connectivity index is 0.00000582. The number of rotatable bonds is 10.